The Bertz CT molecular complexity index is 547. The highest BCUT2D eigenvalue weighted by molar-refractivity contribution is 5.78. The van der Waals surface area contributed by atoms with Gasteiger partial charge in [0.15, 0.2) is 0 Å². The highest BCUT2D eigenvalue weighted by Crippen LogP contribution is 2.22. The summed E-state index contributed by atoms with van der Waals surface area (Å²) >= 11 is 0. The van der Waals surface area contributed by atoms with Crippen LogP contribution >= 0.6 is 0 Å². The van der Waals surface area contributed by atoms with Crippen LogP contribution in [0.1, 0.15) is 38.8 Å². The van der Waals surface area contributed by atoms with E-state index in [1.807, 2.05) is 0 Å². The Balaban J connectivity index is 2.34. The zero-order chi connectivity index (χ0) is 18.3. The lowest BCUT2D eigenvalue weighted by molar-refractivity contribution is -0.142. The Morgan fingerprint density at radius 1 is 1.21 bits per heavy atom. The maximum absolute atomic E-state index is 11.9. The van der Waals surface area contributed by atoms with E-state index in [1.54, 1.807) is 18.9 Å². The molecule has 0 aromatic heterocycles. The number of benzene rings is 1. The number of hydrogen-bond donors (Lipinski definition) is 2. The molecule has 0 radical (unpaired) electrons. The Kier molecular flexibility index (Phi) is 7.42. The molecule has 0 saturated carbocycles. The number of carboxylic acid groups (broad SMARTS) is 1. The average Bonchev–Trinajstić information content (AvgIpc) is 2.46. The normalized spacial score (nSPS) is 12.9. The highest BCUT2D eigenvalue weighted by atomic mass is 16.4. The first-order chi connectivity index (χ1) is 11.1. The van der Waals surface area contributed by atoms with Crippen LogP contribution in [0.5, 0.6) is 0 Å². The Morgan fingerprint density at radius 2 is 1.79 bits per heavy atom. The molecule has 0 aliphatic carbocycles. The zero-order valence-electron chi connectivity index (χ0n) is 15.4. The summed E-state index contributed by atoms with van der Waals surface area (Å²) in [6, 6.07) is 8.48. The topological polar surface area (TPSA) is 69.6 Å². The molecule has 134 valence electrons. The number of likely N-dealkylation sites (N-methyl/N-ethyl adjacent to an activating group) is 1. The number of carbonyl (C=O) groups is 2. The maximum Gasteiger partial charge on any atom is 0.307 e. The van der Waals surface area contributed by atoms with Gasteiger partial charge in [0.25, 0.3) is 0 Å². The first-order valence-electron chi connectivity index (χ1n) is 8.37. The summed E-state index contributed by atoms with van der Waals surface area (Å²) in [5, 5.41) is 11.8. The lowest BCUT2D eigenvalue weighted by Gasteiger charge is -2.19. The van der Waals surface area contributed by atoms with Crippen LogP contribution < -0.4 is 5.32 Å². The van der Waals surface area contributed by atoms with Gasteiger partial charge in [0.2, 0.25) is 5.91 Å². The summed E-state index contributed by atoms with van der Waals surface area (Å²) in [4.78, 5) is 24.4. The average molecular weight is 334 g/mol. The lowest BCUT2D eigenvalue weighted by atomic mass is 9.86. The molecule has 2 N–H and O–H groups in total. The molecule has 1 aromatic rings. The van der Waals surface area contributed by atoms with Gasteiger partial charge in [-0.15, -0.1) is 0 Å². The molecule has 1 aromatic carbocycles. The molecule has 0 bridgehead atoms. The van der Waals surface area contributed by atoms with Crippen LogP contribution in [-0.4, -0.2) is 48.6 Å². The zero-order valence-corrected chi connectivity index (χ0v) is 15.4. The number of rotatable bonds is 8. The van der Waals surface area contributed by atoms with E-state index < -0.39 is 11.9 Å². The van der Waals surface area contributed by atoms with Gasteiger partial charge in [0.1, 0.15) is 0 Å². The molecule has 0 aliphatic rings. The number of nitrogens with one attached hydrogen (secondary N) is 1. The van der Waals surface area contributed by atoms with Crippen LogP contribution in [-0.2, 0) is 21.4 Å². The summed E-state index contributed by atoms with van der Waals surface area (Å²) in [6.07, 6.45) is 0.783. The highest BCUT2D eigenvalue weighted by Gasteiger charge is 2.15. The van der Waals surface area contributed by atoms with Gasteiger partial charge in [0.05, 0.1) is 12.5 Å². The second kappa shape index (κ2) is 8.83. The van der Waals surface area contributed by atoms with Gasteiger partial charge in [-0.05, 0) is 30.0 Å². The van der Waals surface area contributed by atoms with E-state index in [2.05, 4.69) is 50.4 Å². The van der Waals surface area contributed by atoms with Crippen molar-refractivity contribution in [1.29, 1.82) is 0 Å². The van der Waals surface area contributed by atoms with Gasteiger partial charge < -0.3 is 10.4 Å². The monoisotopic (exact) mass is 334 g/mol. The van der Waals surface area contributed by atoms with Crippen LogP contribution in [0.2, 0.25) is 0 Å². The van der Waals surface area contributed by atoms with Crippen molar-refractivity contribution in [3.63, 3.8) is 0 Å². The van der Waals surface area contributed by atoms with Crippen molar-refractivity contribution in [2.75, 3.05) is 26.7 Å². The molecule has 5 nitrogen and oxygen atoms in total. The fourth-order valence-electron chi connectivity index (χ4n) is 2.43. The molecule has 0 fully saturated rings. The SMILES string of the molecule is CC(CN(C)CC(=O)NCCc1ccc(C(C)(C)C)cc1)C(=O)O. The van der Waals surface area contributed by atoms with Crippen molar-refractivity contribution >= 4 is 11.9 Å². The third kappa shape index (κ3) is 7.13. The number of amides is 1. The maximum atomic E-state index is 11.9. The van der Waals surface area contributed by atoms with E-state index in [0.717, 1.165) is 6.42 Å². The van der Waals surface area contributed by atoms with E-state index in [9.17, 15) is 9.59 Å². The van der Waals surface area contributed by atoms with E-state index >= 15 is 0 Å². The first kappa shape index (κ1) is 20.2. The molecular formula is C19H30N2O3. The smallest absolute Gasteiger partial charge is 0.307 e. The first-order valence-corrected chi connectivity index (χ1v) is 8.37. The Labute approximate surface area is 145 Å². The third-order valence-corrected chi connectivity index (χ3v) is 3.98. The molecule has 5 heteroatoms. The van der Waals surface area contributed by atoms with Crippen LogP contribution in [0.4, 0.5) is 0 Å². The van der Waals surface area contributed by atoms with Crippen molar-refractivity contribution in [3.05, 3.63) is 35.4 Å². The van der Waals surface area contributed by atoms with Gasteiger partial charge in [0, 0.05) is 13.1 Å². The molecule has 0 spiro atoms. The van der Waals surface area contributed by atoms with Gasteiger partial charge >= 0.3 is 5.97 Å². The van der Waals surface area contributed by atoms with Crippen LogP contribution in [0.3, 0.4) is 0 Å². The molecular weight excluding hydrogens is 304 g/mol. The minimum absolute atomic E-state index is 0.0820. The van der Waals surface area contributed by atoms with Crippen molar-refractivity contribution < 1.29 is 14.7 Å². The molecule has 1 unspecified atom stereocenters. The molecule has 1 amide bonds. The van der Waals surface area contributed by atoms with E-state index in [-0.39, 0.29) is 17.9 Å². The number of carbonyl (C=O) groups excluding carboxylic acids is 1. The van der Waals surface area contributed by atoms with Crippen molar-refractivity contribution in [2.24, 2.45) is 5.92 Å². The van der Waals surface area contributed by atoms with Crippen molar-refractivity contribution in [1.82, 2.24) is 10.2 Å². The molecule has 0 heterocycles. The molecule has 1 rings (SSSR count). The third-order valence-electron chi connectivity index (χ3n) is 3.98. The van der Waals surface area contributed by atoms with Crippen LogP contribution in [0, 0.1) is 5.92 Å². The minimum Gasteiger partial charge on any atom is -0.481 e. The van der Waals surface area contributed by atoms with Gasteiger partial charge in [-0.3, -0.25) is 14.5 Å². The summed E-state index contributed by atoms with van der Waals surface area (Å²) in [6.45, 7) is 9.34. The number of hydrogen-bond acceptors (Lipinski definition) is 3. The summed E-state index contributed by atoms with van der Waals surface area (Å²) < 4.78 is 0. The van der Waals surface area contributed by atoms with Gasteiger partial charge in [-0.2, -0.15) is 0 Å². The summed E-state index contributed by atoms with van der Waals surface area (Å²) in [5.74, 6) is -1.41. The van der Waals surface area contributed by atoms with Crippen LogP contribution in [0.15, 0.2) is 24.3 Å². The number of carboxylic acids is 1. The van der Waals surface area contributed by atoms with E-state index in [1.165, 1.54) is 11.1 Å². The second-order valence-corrected chi connectivity index (χ2v) is 7.48. The number of nitrogens with zero attached hydrogens (tertiary/aromatic N) is 1. The molecule has 0 saturated heterocycles. The van der Waals surface area contributed by atoms with Gasteiger partial charge in [-0.1, -0.05) is 52.0 Å². The predicted molar refractivity (Wildman–Crippen MR) is 96.2 cm³/mol. The lowest BCUT2D eigenvalue weighted by Crippen LogP contribution is -2.38. The predicted octanol–water partition coefficient (Wildman–Crippen LogP) is 2.30. The van der Waals surface area contributed by atoms with Crippen LogP contribution in [0.25, 0.3) is 0 Å². The van der Waals surface area contributed by atoms with E-state index in [4.69, 9.17) is 5.11 Å². The molecule has 0 aliphatic heterocycles. The fourth-order valence-corrected chi connectivity index (χ4v) is 2.43. The van der Waals surface area contributed by atoms with Crippen molar-refractivity contribution in [2.45, 2.75) is 39.5 Å². The minimum atomic E-state index is -0.846. The largest absolute Gasteiger partial charge is 0.481 e. The Morgan fingerprint density at radius 3 is 2.29 bits per heavy atom. The Hall–Kier alpha value is -1.88. The number of aliphatic carboxylic acids is 1. The summed E-state index contributed by atoms with van der Waals surface area (Å²) in [7, 11) is 1.75. The molecule has 24 heavy (non-hydrogen) atoms. The second-order valence-electron chi connectivity index (χ2n) is 7.48. The van der Waals surface area contributed by atoms with Crippen molar-refractivity contribution in [3.8, 4) is 0 Å². The van der Waals surface area contributed by atoms with E-state index in [0.29, 0.717) is 13.1 Å². The summed E-state index contributed by atoms with van der Waals surface area (Å²) in [5.41, 5.74) is 2.63. The fraction of sp³-hybridized carbons (Fsp3) is 0.579. The standard InChI is InChI=1S/C19H30N2O3/c1-14(18(23)24)12-21(5)13-17(22)20-11-10-15-6-8-16(9-7-15)19(2,3)4/h6-9,14H,10-13H2,1-5H3,(H,20,22)(H,23,24). The molecule has 1 atom stereocenters. The van der Waals surface area contributed by atoms with Gasteiger partial charge in [-0.25, -0.2) is 0 Å². The quantitative estimate of drug-likeness (QED) is 0.765.